The first-order valence-corrected chi connectivity index (χ1v) is 10.7. The Balaban J connectivity index is 1.77. The van der Waals surface area contributed by atoms with Crippen LogP contribution in [0.3, 0.4) is 0 Å². The number of allylic oxidation sites excluding steroid dienone is 1. The van der Waals surface area contributed by atoms with E-state index in [-0.39, 0.29) is 6.03 Å². The third kappa shape index (κ3) is 4.45. The highest BCUT2D eigenvalue weighted by Gasteiger charge is 2.35. The summed E-state index contributed by atoms with van der Waals surface area (Å²) in [6.07, 6.45) is 1.67. The number of hydrogen-bond acceptors (Lipinski definition) is 6. The van der Waals surface area contributed by atoms with Crippen LogP contribution in [0.15, 0.2) is 71.4 Å². The number of ether oxygens (including phenoxy) is 2. The van der Waals surface area contributed by atoms with Gasteiger partial charge in [0.05, 0.1) is 25.3 Å². The molecule has 1 atom stereocenters. The standard InChI is InChI=1S/C25H26N4O4/c1-5-14-29-16(3)21(22(26-25(29)30)18-8-7-9-20(15-18)31-4)24-27-23(28-33-24)17-10-12-19(13-11-17)32-6-2/h5,7-13,15,22H,1,6,14H2,2-4H3,(H,26,30). The van der Waals surface area contributed by atoms with E-state index in [2.05, 4.69) is 22.0 Å². The third-order valence-corrected chi connectivity index (χ3v) is 5.42. The van der Waals surface area contributed by atoms with Gasteiger partial charge < -0.3 is 19.3 Å². The molecule has 3 aromatic rings. The molecule has 1 unspecified atom stereocenters. The number of carbonyl (C=O) groups is 1. The van der Waals surface area contributed by atoms with Gasteiger partial charge in [0.1, 0.15) is 11.5 Å². The van der Waals surface area contributed by atoms with Gasteiger partial charge in [-0.05, 0) is 55.8 Å². The summed E-state index contributed by atoms with van der Waals surface area (Å²) in [5, 5.41) is 7.24. The summed E-state index contributed by atoms with van der Waals surface area (Å²) in [5.74, 6) is 2.24. The molecule has 0 spiro atoms. The Labute approximate surface area is 192 Å². The number of nitrogens with one attached hydrogen (secondary N) is 1. The number of nitrogens with zero attached hydrogens (tertiary/aromatic N) is 3. The van der Waals surface area contributed by atoms with E-state index in [1.807, 2.05) is 62.4 Å². The molecule has 1 aliphatic rings. The van der Waals surface area contributed by atoms with E-state index in [9.17, 15) is 4.79 Å². The minimum Gasteiger partial charge on any atom is -0.497 e. The van der Waals surface area contributed by atoms with Crippen molar-refractivity contribution < 1.29 is 18.8 Å². The molecule has 0 radical (unpaired) electrons. The summed E-state index contributed by atoms with van der Waals surface area (Å²) in [5.41, 5.74) is 3.08. The van der Waals surface area contributed by atoms with Crippen LogP contribution >= 0.6 is 0 Å². The maximum atomic E-state index is 12.8. The van der Waals surface area contributed by atoms with Crippen LogP contribution in [0.5, 0.6) is 11.5 Å². The second-order valence-corrected chi connectivity index (χ2v) is 7.44. The molecular formula is C25H26N4O4. The van der Waals surface area contributed by atoms with Crippen molar-refractivity contribution in [3.63, 3.8) is 0 Å². The molecule has 8 heteroatoms. The minimum absolute atomic E-state index is 0.227. The largest absolute Gasteiger partial charge is 0.497 e. The molecule has 2 heterocycles. The van der Waals surface area contributed by atoms with E-state index in [0.29, 0.717) is 36.3 Å². The molecule has 1 aromatic heterocycles. The highest BCUT2D eigenvalue weighted by Crippen LogP contribution is 2.38. The number of amides is 2. The summed E-state index contributed by atoms with van der Waals surface area (Å²) in [6.45, 7) is 8.51. The third-order valence-electron chi connectivity index (χ3n) is 5.42. The Bertz CT molecular complexity index is 1180. The topological polar surface area (TPSA) is 89.7 Å². The van der Waals surface area contributed by atoms with Gasteiger partial charge in [-0.25, -0.2) is 4.79 Å². The molecule has 170 valence electrons. The number of methoxy groups -OCH3 is 1. The van der Waals surface area contributed by atoms with E-state index >= 15 is 0 Å². The van der Waals surface area contributed by atoms with E-state index in [4.69, 9.17) is 14.0 Å². The van der Waals surface area contributed by atoms with E-state index in [0.717, 1.165) is 22.4 Å². The van der Waals surface area contributed by atoms with Crippen LogP contribution in [0.2, 0.25) is 0 Å². The number of carbonyl (C=O) groups excluding carboxylic acids is 1. The average molecular weight is 447 g/mol. The van der Waals surface area contributed by atoms with Crippen molar-refractivity contribution in [2.45, 2.75) is 19.9 Å². The van der Waals surface area contributed by atoms with Crippen molar-refractivity contribution in [2.75, 3.05) is 20.3 Å². The fourth-order valence-electron chi connectivity index (χ4n) is 3.80. The maximum Gasteiger partial charge on any atom is 0.322 e. The molecule has 4 rings (SSSR count). The Morgan fingerprint density at radius 2 is 2.00 bits per heavy atom. The number of hydrogen-bond donors (Lipinski definition) is 1. The molecule has 2 aromatic carbocycles. The van der Waals surface area contributed by atoms with Crippen LogP contribution in [0.1, 0.15) is 31.3 Å². The molecule has 0 aliphatic carbocycles. The lowest BCUT2D eigenvalue weighted by molar-refractivity contribution is 0.209. The summed E-state index contributed by atoms with van der Waals surface area (Å²) < 4.78 is 16.6. The zero-order chi connectivity index (χ0) is 23.4. The van der Waals surface area contributed by atoms with Crippen molar-refractivity contribution >= 4 is 11.6 Å². The van der Waals surface area contributed by atoms with E-state index in [1.54, 1.807) is 18.1 Å². The lowest BCUT2D eigenvalue weighted by Gasteiger charge is -2.34. The molecule has 0 saturated heterocycles. The molecule has 0 bridgehead atoms. The van der Waals surface area contributed by atoms with E-state index in [1.165, 1.54) is 0 Å². The normalized spacial score (nSPS) is 15.9. The first-order valence-electron chi connectivity index (χ1n) is 10.7. The zero-order valence-corrected chi connectivity index (χ0v) is 18.9. The van der Waals surface area contributed by atoms with Gasteiger partial charge in [-0.3, -0.25) is 4.90 Å². The predicted octanol–water partition coefficient (Wildman–Crippen LogP) is 4.83. The van der Waals surface area contributed by atoms with Gasteiger partial charge in [0.2, 0.25) is 5.82 Å². The highest BCUT2D eigenvalue weighted by atomic mass is 16.5. The van der Waals surface area contributed by atoms with Gasteiger partial charge in [0.15, 0.2) is 0 Å². The summed E-state index contributed by atoms with van der Waals surface area (Å²) >= 11 is 0. The molecular weight excluding hydrogens is 420 g/mol. The average Bonchev–Trinajstić information content (AvgIpc) is 3.32. The zero-order valence-electron chi connectivity index (χ0n) is 18.9. The Hall–Kier alpha value is -4.07. The second-order valence-electron chi connectivity index (χ2n) is 7.44. The SMILES string of the molecule is C=CCN1C(=O)NC(c2cccc(OC)c2)C(c2nc(-c3ccc(OCC)cc3)no2)=C1C. The van der Waals surface area contributed by atoms with Crippen LogP contribution in [0.4, 0.5) is 4.79 Å². The van der Waals surface area contributed by atoms with Crippen molar-refractivity contribution in [3.05, 3.63) is 78.3 Å². The van der Waals surface area contributed by atoms with Crippen molar-refractivity contribution in [1.29, 1.82) is 0 Å². The van der Waals surface area contributed by atoms with Crippen LogP contribution in [0, 0.1) is 0 Å². The Kier molecular flexibility index (Phi) is 6.44. The monoisotopic (exact) mass is 446 g/mol. The lowest BCUT2D eigenvalue weighted by Crippen LogP contribution is -2.46. The molecule has 2 amide bonds. The molecule has 1 aliphatic heterocycles. The number of benzene rings is 2. The molecule has 33 heavy (non-hydrogen) atoms. The first kappa shape index (κ1) is 22.1. The molecule has 0 saturated carbocycles. The maximum absolute atomic E-state index is 12.8. The predicted molar refractivity (Wildman–Crippen MR) is 125 cm³/mol. The van der Waals surface area contributed by atoms with Crippen LogP contribution in [-0.4, -0.2) is 41.3 Å². The highest BCUT2D eigenvalue weighted by molar-refractivity contribution is 5.87. The Morgan fingerprint density at radius 3 is 2.70 bits per heavy atom. The number of rotatable bonds is 8. The molecule has 1 N–H and O–H groups in total. The Morgan fingerprint density at radius 1 is 1.21 bits per heavy atom. The minimum atomic E-state index is -0.484. The number of urea groups is 1. The van der Waals surface area contributed by atoms with Gasteiger partial charge in [0, 0.05) is 17.8 Å². The summed E-state index contributed by atoms with van der Waals surface area (Å²) in [4.78, 5) is 19.1. The quantitative estimate of drug-likeness (QED) is 0.499. The van der Waals surface area contributed by atoms with Crippen LogP contribution < -0.4 is 14.8 Å². The fraction of sp³-hybridized carbons (Fsp3) is 0.240. The molecule has 8 nitrogen and oxygen atoms in total. The van der Waals surface area contributed by atoms with Gasteiger partial charge in [-0.1, -0.05) is 23.4 Å². The van der Waals surface area contributed by atoms with Gasteiger partial charge >= 0.3 is 6.03 Å². The fourth-order valence-corrected chi connectivity index (χ4v) is 3.80. The van der Waals surface area contributed by atoms with Gasteiger partial charge in [0.25, 0.3) is 5.89 Å². The first-order chi connectivity index (χ1) is 16.0. The summed E-state index contributed by atoms with van der Waals surface area (Å²) in [7, 11) is 1.60. The second kappa shape index (κ2) is 9.60. The van der Waals surface area contributed by atoms with Crippen LogP contribution in [-0.2, 0) is 0 Å². The van der Waals surface area contributed by atoms with Crippen LogP contribution in [0.25, 0.3) is 17.0 Å². The number of aromatic nitrogens is 2. The van der Waals surface area contributed by atoms with Crippen molar-refractivity contribution in [1.82, 2.24) is 20.4 Å². The van der Waals surface area contributed by atoms with Crippen molar-refractivity contribution in [2.24, 2.45) is 0 Å². The van der Waals surface area contributed by atoms with Crippen molar-refractivity contribution in [3.8, 4) is 22.9 Å². The van der Waals surface area contributed by atoms with Gasteiger partial charge in [-0.15, -0.1) is 6.58 Å². The smallest absolute Gasteiger partial charge is 0.322 e. The summed E-state index contributed by atoms with van der Waals surface area (Å²) in [6, 6.07) is 14.3. The molecule has 0 fully saturated rings. The van der Waals surface area contributed by atoms with E-state index < -0.39 is 6.04 Å². The lowest BCUT2D eigenvalue weighted by atomic mass is 9.94. The van der Waals surface area contributed by atoms with Gasteiger partial charge in [-0.2, -0.15) is 4.98 Å².